The lowest BCUT2D eigenvalue weighted by Crippen LogP contribution is -1.99. The van der Waals surface area contributed by atoms with Crippen molar-refractivity contribution in [2.24, 2.45) is 0 Å². The maximum atomic E-state index is 8.62. The minimum Gasteiger partial charge on any atom is -0.379 e. The van der Waals surface area contributed by atoms with Crippen molar-refractivity contribution in [1.82, 2.24) is 9.97 Å². The van der Waals surface area contributed by atoms with Crippen molar-refractivity contribution in [2.75, 3.05) is 5.32 Å². The van der Waals surface area contributed by atoms with Gasteiger partial charge < -0.3 is 10.3 Å². The van der Waals surface area contributed by atoms with E-state index in [1.807, 2.05) is 12.1 Å². The van der Waals surface area contributed by atoms with Crippen LogP contribution in [0, 0.1) is 11.3 Å². The Kier molecular flexibility index (Phi) is 2.65. The fourth-order valence-electron chi connectivity index (χ4n) is 1.24. The Morgan fingerprint density at radius 3 is 2.73 bits per heavy atom. The Bertz CT molecular complexity index is 450. The fraction of sp³-hybridized carbons (Fsp3) is 0.0909. The molecule has 2 aromatic rings. The minimum absolute atomic E-state index is 0.669. The molecule has 0 spiro atoms. The third-order valence-electron chi connectivity index (χ3n) is 2.05. The molecule has 0 saturated carbocycles. The number of imidazole rings is 1. The summed E-state index contributed by atoms with van der Waals surface area (Å²) in [5.41, 5.74) is 2.69. The number of H-pyrrole nitrogens is 1. The molecule has 0 aliphatic carbocycles. The zero-order valence-corrected chi connectivity index (χ0v) is 8.07. The zero-order chi connectivity index (χ0) is 10.5. The Morgan fingerprint density at radius 1 is 1.33 bits per heavy atom. The molecule has 2 rings (SSSR count). The normalized spacial score (nSPS) is 9.53. The monoisotopic (exact) mass is 198 g/mol. The number of benzene rings is 1. The van der Waals surface area contributed by atoms with Gasteiger partial charge in [-0.1, -0.05) is 0 Å². The van der Waals surface area contributed by atoms with Gasteiger partial charge >= 0.3 is 0 Å². The molecule has 74 valence electrons. The number of rotatable bonds is 3. The van der Waals surface area contributed by atoms with E-state index in [2.05, 4.69) is 21.4 Å². The first-order valence-electron chi connectivity index (χ1n) is 4.60. The van der Waals surface area contributed by atoms with Crippen molar-refractivity contribution in [3.05, 3.63) is 48.0 Å². The summed E-state index contributed by atoms with van der Waals surface area (Å²) in [5.74, 6) is 0. The van der Waals surface area contributed by atoms with Crippen LogP contribution in [-0.2, 0) is 6.54 Å². The van der Waals surface area contributed by atoms with Crippen LogP contribution in [0.25, 0.3) is 0 Å². The van der Waals surface area contributed by atoms with Gasteiger partial charge in [-0.05, 0) is 24.3 Å². The quantitative estimate of drug-likeness (QED) is 0.791. The van der Waals surface area contributed by atoms with Crippen molar-refractivity contribution < 1.29 is 0 Å². The van der Waals surface area contributed by atoms with Crippen molar-refractivity contribution in [2.45, 2.75) is 6.54 Å². The second-order valence-electron chi connectivity index (χ2n) is 3.12. The number of nitrogens with one attached hydrogen (secondary N) is 2. The molecule has 4 heteroatoms. The van der Waals surface area contributed by atoms with Crippen molar-refractivity contribution >= 4 is 5.69 Å². The van der Waals surface area contributed by atoms with Gasteiger partial charge in [0.2, 0.25) is 0 Å². The Balaban J connectivity index is 1.97. The van der Waals surface area contributed by atoms with Crippen LogP contribution in [0.3, 0.4) is 0 Å². The summed E-state index contributed by atoms with van der Waals surface area (Å²) in [5, 5.41) is 11.8. The number of hydrogen-bond acceptors (Lipinski definition) is 3. The average molecular weight is 198 g/mol. The van der Waals surface area contributed by atoms with E-state index in [0.29, 0.717) is 12.1 Å². The van der Waals surface area contributed by atoms with Crippen LogP contribution in [0.1, 0.15) is 11.3 Å². The summed E-state index contributed by atoms with van der Waals surface area (Å²) in [7, 11) is 0. The first-order valence-corrected chi connectivity index (χ1v) is 4.60. The largest absolute Gasteiger partial charge is 0.379 e. The van der Waals surface area contributed by atoms with E-state index in [0.717, 1.165) is 11.4 Å². The standard InChI is InChI=1S/C11H10N4/c12-5-9-1-3-10(4-2-9)14-7-11-6-13-8-15-11/h1-4,6,8,14H,7H2,(H,13,15). The molecule has 1 heterocycles. The molecule has 0 fully saturated rings. The van der Waals surface area contributed by atoms with Crippen LogP contribution >= 0.6 is 0 Å². The van der Waals surface area contributed by atoms with Gasteiger partial charge in [0.25, 0.3) is 0 Å². The fourth-order valence-corrected chi connectivity index (χ4v) is 1.24. The molecule has 0 aliphatic heterocycles. The molecule has 0 unspecified atom stereocenters. The summed E-state index contributed by atoms with van der Waals surface area (Å²) in [6, 6.07) is 9.42. The Morgan fingerprint density at radius 2 is 2.13 bits per heavy atom. The summed E-state index contributed by atoms with van der Waals surface area (Å²) in [6.45, 7) is 0.700. The number of aromatic nitrogens is 2. The summed E-state index contributed by atoms with van der Waals surface area (Å²) >= 11 is 0. The van der Waals surface area contributed by atoms with Gasteiger partial charge in [0, 0.05) is 11.9 Å². The highest BCUT2D eigenvalue weighted by molar-refractivity contribution is 5.47. The molecule has 0 saturated heterocycles. The van der Waals surface area contributed by atoms with Gasteiger partial charge in [0.15, 0.2) is 0 Å². The molecule has 1 aromatic carbocycles. The van der Waals surface area contributed by atoms with Gasteiger partial charge in [-0.25, -0.2) is 4.98 Å². The van der Waals surface area contributed by atoms with Crippen LogP contribution in [-0.4, -0.2) is 9.97 Å². The van der Waals surface area contributed by atoms with Gasteiger partial charge in [-0.2, -0.15) is 5.26 Å². The predicted octanol–water partition coefficient (Wildman–Crippen LogP) is 1.89. The molecular weight excluding hydrogens is 188 g/mol. The number of nitriles is 1. The van der Waals surface area contributed by atoms with E-state index in [1.165, 1.54) is 0 Å². The van der Waals surface area contributed by atoms with E-state index < -0.39 is 0 Å². The van der Waals surface area contributed by atoms with Crippen LogP contribution in [0.2, 0.25) is 0 Å². The molecule has 0 aliphatic rings. The first-order chi connectivity index (χ1) is 7.38. The maximum absolute atomic E-state index is 8.62. The molecule has 0 radical (unpaired) electrons. The zero-order valence-electron chi connectivity index (χ0n) is 8.07. The molecule has 0 bridgehead atoms. The lowest BCUT2D eigenvalue weighted by Gasteiger charge is -2.03. The molecule has 15 heavy (non-hydrogen) atoms. The Labute approximate surface area is 87.6 Å². The van der Waals surface area contributed by atoms with Crippen LogP contribution in [0.5, 0.6) is 0 Å². The SMILES string of the molecule is N#Cc1ccc(NCc2cnc[nH]2)cc1. The number of anilines is 1. The lowest BCUT2D eigenvalue weighted by atomic mass is 10.2. The third kappa shape index (κ3) is 2.35. The van der Waals surface area contributed by atoms with E-state index in [9.17, 15) is 0 Å². The smallest absolute Gasteiger partial charge is 0.0991 e. The van der Waals surface area contributed by atoms with Gasteiger partial charge in [-0.3, -0.25) is 0 Å². The predicted molar refractivity (Wildman–Crippen MR) is 57.1 cm³/mol. The van der Waals surface area contributed by atoms with E-state index in [1.54, 1.807) is 24.7 Å². The van der Waals surface area contributed by atoms with Crippen LogP contribution in [0.15, 0.2) is 36.8 Å². The average Bonchev–Trinajstić information content (AvgIpc) is 2.80. The van der Waals surface area contributed by atoms with Crippen molar-refractivity contribution in [3.63, 3.8) is 0 Å². The second kappa shape index (κ2) is 4.29. The summed E-state index contributed by atoms with van der Waals surface area (Å²) < 4.78 is 0. The second-order valence-corrected chi connectivity index (χ2v) is 3.12. The van der Waals surface area contributed by atoms with E-state index in [-0.39, 0.29) is 0 Å². The highest BCUT2D eigenvalue weighted by Crippen LogP contribution is 2.09. The third-order valence-corrected chi connectivity index (χ3v) is 2.05. The number of nitrogens with zero attached hydrogens (tertiary/aromatic N) is 2. The molecule has 0 amide bonds. The summed E-state index contributed by atoms with van der Waals surface area (Å²) in [6.07, 6.45) is 3.42. The minimum atomic E-state index is 0.669. The Hall–Kier alpha value is -2.28. The summed E-state index contributed by atoms with van der Waals surface area (Å²) in [4.78, 5) is 6.93. The topological polar surface area (TPSA) is 64.5 Å². The van der Waals surface area contributed by atoms with Crippen molar-refractivity contribution in [3.8, 4) is 6.07 Å². The highest BCUT2D eigenvalue weighted by Gasteiger charge is 1.95. The van der Waals surface area contributed by atoms with Gasteiger partial charge in [0.1, 0.15) is 0 Å². The molecule has 0 atom stereocenters. The molecule has 1 aromatic heterocycles. The van der Waals surface area contributed by atoms with Crippen molar-refractivity contribution in [1.29, 1.82) is 5.26 Å². The highest BCUT2D eigenvalue weighted by atomic mass is 14.9. The maximum Gasteiger partial charge on any atom is 0.0991 e. The molecule has 2 N–H and O–H groups in total. The molecule has 4 nitrogen and oxygen atoms in total. The van der Waals surface area contributed by atoms with Crippen LogP contribution in [0.4, 0.5) is 5.69 Å². The van der Waals surface area contributed by atoms with Crippen LogP contribution < -0.4 is 5.32 Å². The van der Waals surface area contributed by atoms with E-state index in [4.69, 9.17) is 5.26 Å². The number of aromatic amines is 1. The van der Waals surface area contributed by atoms with Gasteiger partial charge in [-0.15, -0.1) is 0 Å². The number of hydrogen-bond donors (Lipinski definition) is 2. The van der Waals surface area contributed by atoms with E-state index >= 15 is 0 Å². The molecular formula is C11H10N4. The lowest BCUT2D eigenvalue weighted by molar-refractivity contribution is 1.07. The first kappa shape index (κ1) is 9.28. The van der Waals surface area contributed by atoms with Gasteiger partial charge in [0.05, 0.1) is 30.2 Å².